The summed E-state index contributed by atoms with van der Waals surface area (Å²) < 4.78 is 1.01. The number of hydrogen-bond acceptors (Lipinski definition) is 2. The van der Waals surface area contributed by atoms with E-state index in [0.29, 0.717) is 6.04 Å². The van der Waals surface area contributed by atoms with Crippen LogP contribution in [0.3, 0.4) is 0 Å². The molecule has 20 heavy (non-hydrogen) atoms. The Bertz CT molecular complexity index is 545. The van der Waals surface area contributed by atoms with Crippen molar-refractivity contribution in [2.75, 3.05) is 6.54 Å². The Morgan fingerprint density at radius 2 is 1.95 bits per heavy atom. The molecule has 1 atom stereocenters. The maximum Gasteiger partial charge on any atom is 0.0449 e. The fourth-order valence-electron chi connectivity index (χ4n) is 2.26. The summed E-state index contributed by atoms with van der Waals surface area (Å²) in [5, 5.41) is 4.35. The van der Waals surface area contributed by atoms with Gasteiger partial charge in [-0.3, -0.25) is 4.98 Å². The first kappa shape index (κ1) is 15.5. The Hall–Kier alpha value is -0.900. The number of nitrogens with one attached hydrogen (secondary N) is 1. The smallest absolute Gasteiger partial charge is 0.0449 e. The third-order valence-electron chi connectivity index (χ3n) is 3.21. The molecule has 0 aliphatic rings. The minimum atomic E-state index is 0.376. The van der Waals surface area contributed by atoms with E-state index < -0.39 is 0 Å². The van der Waals surface area contributed by atoms with Crippen LogP contribution in [-0.2, 0) is 12.8 Å². The van der Waals surface area contributed by atoms with Gasteiger partial charge >= 0.3 is 0 Å². The van der Waals surface area contributed by atoms with Crippen LogP contribution >= 0.6 is 27.5 Å². The van der Waals surface area contributed by atoms with E-state index in [9.17, 15) is 0 Å². The summed E-state index contributed by atoms with van der Waals surface area (Å²) in [5.41, 5.74) is 2.47. The van der Waals surface area contributed by atoms with Crippen LogP contribution < -0.4 is 5.32 Å². The van der Waals surface area contributed by atoms with Gasteiger partial charge in [-0.15, -0.1) is 0 Å². The molecule has 0 saturated carbocycles. The molecule has 0 aliphatic heterocycles. The van der Waals surface area contributed by atoms with Gasteiger partial charge in [0.25, 0.3) is 0 Å². The van der Waals surface area contributed by atoms with Crippen molar-refractivity contribution >= 4 is 27.5 Å². The van der Waals surface area contributed by atoms with Crippen LogP contribution in [0.2, 0.25) is 5.02 Å². The van der Waals surface area contributed by atoms with Crippen molar-refractivity contribution in [3.05, 3.63) is 63.3 Å². The average molecular weight is 354 g/mol. The molecule has 0 bridgehead atoms. The molecule has 0 aliphatic carbocycles. The quantitative estimate of drug-likeness (QED) is 0.839. The van der Waals surface area contributed by atoms with Gasteiger partial charge in [-0.25, -0.2) is 0 Å². The molecule has 4 heteroatoms. The number of rotatable bonds is 6. The summed E-state index contributed by atoms with van der Waals surface area (Å²) in [6.45, 7) is 3.08. The number of aromatic nitrogens is 1. The second-order valence-electron chi connectivity index (χ2n) is 4.75. The van der Waals surface area contributed by atoms with Crippen molar-refractivity contribution in [1.29, 1.82) is 0 Å². The van der Waals surface area contributed by atoms with Crippen molar-refractivity contribution in [3.8, 4) is 0 Å². The molecule has 1 heterocycles. The lowest BCUT2D eigenvalue weighted by Crippen LogP contribution is -2.33. The molecular formula is C16H18BrClN2. The maximum atomic E-state index is 6.31. The molecule has 0 amide bonds. The highest BCUT2D eigenvalue weighted by atomic mass is 79.9. The van der Waals surface area contributed by atoms with Gasteiger partial charge in [0.1, 0.15) is 0 Å². The topological polar surface area (TPSA) is 24.9 Å². The largest absolute Gasteiger partial charge is 0.314 e. The second kappa shape index (κ2) is 7.77. The zero-order valence-electron chi connectivity index (χ0n) is 11.4. The van der Waals surface area contributed by atoms with Crippen molar-refractivity contribution in [2.24, 2.45) is 0 Å². The molecule has 106 valence electrons. The Balaban J connectivity index is 2.09. The average Bonchev–Trinajstić information content (AvgIpc) is 2.43. The summed E-state index contributed by atoms with van der Waals surface area (Å²) in [7, 11) is 0. The van der Waals surface area contributed by atoms with Crippen molar-refractivity contribution in [2.45, 2.75) is 25.8 Å². The predicted molar refractivity (Wildman–Crippen MR) is 88.3 cm³/mol. The minimum Gasteiger partial charge on any atom is -0.314 e. The molecule has 0 saturated heterocycles. The lowest BCUT2D eigenvalue weighted by atomic mass is 9.99. The molecule has 2 nitrogen and oxygen atoms in total. The SMILES string of the molecule is CCNC(Cc1ccncc1)Cc1ccc(Br)cc1Cl. The third-order valence-corrected chi connectivity index (χ3v) is 4.05. The minimum absolute atomic E-state index is 0.376. The van der Waals surface area contributed by atoms with Crippen molar-refractivity contribution in [1.82, 2.24) is 10.3 Å². The Morgan fingerprint density at radius 3 is 2.60 bits per heavy atom. The van der Waals surface area contributed by atoms with Crippen LogP contribution in [0, 0.1) is 0 Å². The Kier molecular flexibility index (Phi) is 6.02. The summed E-state index contributed by atoms with van der Waals surface area (Å²) in [6.07, 6.45) is 5.57. The van der Waals surface area contributed by atoms with E-state index >= 15 is 0 Å². The molecule has 2 rings (SSSR count). The molecule has 1 aromatic carbocycles. The first-order valence-corrected chi connectivity index (χ1v) is 7.92. The van der Waals surface area contributed by atoms with Gasteiger partial charge in [-0.1, -0.05) is 40.5 Å². The van der Waals surface area contributed by atoms with Crippen LogP contribution in [-0.4, -0.2) is 17.6 Å². The van der Waals surface area contributed by atoms with Crippen molar-refractivity contribution in [3.63, 3.8) is 0 Å². The second-order valence-corrected chi connectivity index (χ2v) is 6.08. The molecule has 0 radical (unpaired) electrons. The van der Waals surface area contributed by atoms with Crippen LogP contribution in [0.15, 0.2) is 47.2 Å². The predicted octanol–water partition coefficient (Wildman–Crippen LogP) is 4.26. The van der Waals surface area contributed by atoms with Gasteiger partial charge in [0.2, 0.25) is 0 Å². The molecule has 1 unspecified atom stereocenters. The van der Waals surface area contributed by atoms with Crippen LogP contribution in [0.1, 0.15) is 18.1 Å². The van der Waals surface area contributed by atoms with Crippen LogP contribution in [0.4, 0.5) is 0 Å². The van der Waals surface area contributed by atoms with E-state index in [0.717, 1.165) is 28.9 Å². The van der Waals surface area contributed by atoms with Gasteiger partial charge in [-0.2, -0.15) is 0 Å². The Labute approximate surface area is 133 Å². The fraction of sp³-hybridized carbons (Fsp3) is 0.312. The van der Waals surface area contributed by atoms with Gasteiger partial charge in [0.15, 0.2) is 0 Å². The highest BCUT2D eigenvalue weighted by Gasteiger charge is 2.12. The summed E-state index contributed by atoms with van der Waals surface area (Å²) in [5.74, 6) is 0. The number of nitrogens with zero attached hydrogens (tertiary/aromatic N) is 1. The van der Waals surface area contributed by atoms with Gasteiger partial charge in [0.05, 0.1) is 0 Å². The molecular weight excluding hydrogens is 336 g/mol. The summed E-state index contributed by atoms with van der Waals surface area (Å²) in [4.78, 5) is 4.06. The highest BCUT2D eigenvalue weighted by molar-refractivity contribution is 9.10. The normalized spacial score (nSPS) is 12.3. The molecule has 0 fully saturated rings. The first-order valence-electron chi connectivity index (χ1n) is 6.75. The fourth-order valence-corrected chi connectivity index (χ4v) is 3.01. The number of hydrogen-bond donors (Lipinski definition) is 1. The summed E-state index contributed by atoms with van der Waals surface area (Å²) >= 11 is 9.75. The van der Waals surface area contributed by atoms with E-state index in [1.54, 1.807) is 0 Å². The van der Waals surface area contributed by atoms with Crippen LogP contribution in [0.25, 0.3) is 0 Å². The lowest BCUT2D eigenvalue weighted by molar-refractivity contribution is 0.521. The number of likely N-dealkylation sites (N-methyl/N-ethyl adjacent to an activating group) is 1. The van der Waals surface area contributed by atoms with E-state index in [1.807, 2.05) is 24.5 Å². The van der Waals surface area contributed by atoms with Crippen LogP contribution in [0.5, 0.6) is 0 Å². The standard InChI is InChI=1S/C16H18BrClN2/c1-2-20-15(9-12-5-7-19-8-6-12)10-13-3-4-14(17)11-16(13)18/h3-8,11,15,20H,2,9-10H2,1H3. The van der Waals surface area contributed by atoms with Crippen molar-refractivity contribution < 1.29 is 0 Å². The molecule has 2 aromatic rings. The zero-order valence-corrected chi connectivity index (χ0v) is 13.8. The molecule has 1 N–H and O–H groups in total. The third kappa shape index (κ3) is 4.58. The maximum absolute atomic E-state index is 6.31. The van der Waals surface area contributed by atoms with Gasteiger partial charge in [0, 0.05) is 27.9 Å². The number of pyridine rings is 1. The zero-order chi connectivity index (χ0) is 14.4. The van der Waals surface area contributed by atoms with E-state index in [1.165, 1.54) is 11.1 Å². The van der Waals surface area contributed by atoms with E-state index in [4.69, 9.17) is 11.6 Å². The van der Waals surface area contributed by atoms with E-state index in [2.05, 4.69) is 51.4 Å². The molecule has 1 aromatic heterocycles. The summed E-state index contributed by atoms with van der Waals surface area (Å²) in [6, 6.07) is 10.6. The van der Waals surface area contributed by atoms with Gasteiger partial charge in [-0.05, 0) is 54.8 Å². The lowest BCUT2D eigenvalue weighted by Gasteiger charge is -2.19. The Morgan fingerprint density at radius 1 is 1.20 bits per heavy atom. The molecule has 0 spiro atoms. The number of halogens is 2. The van der Waals surface area contributed by atoms with E-state index in [-0.39, 0.29) is 0 Å². The number of benzene rings is 1. The first-order chi connectivity index (χ1) is 9.69. The van der Waals surface area contributed by atoms with Gasteiger partial charge < -0.3 is 5.32 Å². The highest BCUT2D eigenvalue weighted by Crippen LogP contribution is 2.23. The monoisotopic (exact) mass is 352 g/mol.